The van der Waals surface area contributed by atoms with Crippen molar-refractivity contribution in [2.45, 2.75) is 18.2 Å². The van der Waals surface area contributed by atoms with Gasteiger partial charge in [-0.15, -0.1) is 0 Å². The molecule has 0 aliphatic carbocycles. The molecular weight excluding hydrogens is 464 g/mol. The van der Waals surface area contributed by atoms with Gasteiger partial charge in [-0.3, -0.25) is 9.69 Å². The van der Waals surface area contributed by atoms with E-state index in [-0.39, 0.29) is 10.7 Å². The molecule has 4 rings (SSSR count). The molecule has 0 amide bonds. The summed E-state index contributed by atoms with van der Waals surface area (Å²) in [5.74, 6) is 1.16. The lowest BCUT2D eigenvalue weighted by molar-refractivity contribution is 0.101. The second kappa shape index (κ2) is 9.75. The first-order chi connectivity index (χ1) is 15.8. The number of Topliss-reactive ketones (excluding diaryl/α,β-unsaturated/α-hetero) is 1. The number of sulfone groups is 1. The van der Waals surface area contributed by atoms with E-state index in [2.05, 4.69) is 9.80 Å². The van der Waals surface area contributed by atoms with Crippen LogP contribution in [-0.4, -0.2) is 70.4 Å². The summed E-state index contributed by atoms with van der Waals surface area (Å²) in [4.78, 5) is 16.3. The minimum Gasteiger partial charge on any atom is -0.493 e. The molecule has 33 heavy (non-hydrogen) atoms. The van der Waals surface area contributed by atoms with E-state index in [0.29, 0.717) is 28.7 Å². The van der Waals surface area contributed by atoms with Gasteiger partial charge in [0.15, 0.2) is 17.3 Å². The van der Waals surface area contributed by atoms with E-state index < -0.39 is 9.84 Å². The molecule has 2 aromatic rings. The number of hydrogen-bond donors (Lipinski definition) is 0. The molecule has 1 saturated heterocycles. The first-order valence-electron chi connectivity index (χ1n) is 10.8. The Morgan fingerprint density at radius 3 is 2.52 bits per heavy atom. The van der Waals surface area contributed by atoms with E-state index in [1.165, 1.54) is 18.4 Å². The summed E-state index contributed by atoms with van der Waals surface area (Å²) in [6.07, 6.45) is 0.843. The van der Waals surface area contributed by atoms with Crippen molar-refractivity contribution in [2.24, 2.45) is 0 Å². The highest BCUT2D eigenvalue weighted by molar-refractivity contribution is 7.95. The van der Waals surface area contributed by atoms with E-state index in [4.69, 9.17) is 21.1 Å². The smallest absolute Gasteiger partial charge is 0.202 e. The van der Waals surface area contributed by atoms with E-state index in [1.807, 2.05) is 0 Å². The molecule has 0 saturated carbocycles. The number of carbonyl (C=O) groups is 1. The second-order valence-corrected chi connectivity index (χ2v) is 10.3. The molecule has 0 aromatic heterocycles. The molecule has 2 heterocycles. The number of halogens is 1. The molecule has 2 aliphatic rings. The number of carbonyl (C=O) groups excluding carboxylic acids is 1. The molecule has 0 unspecified atom stereocenters. The van der Waals surface area contributed by atoms with Gasteiger partial charge in [-0.05, 0) is 43.7 Å². The van der Waals surface area contributed by atoms with Gasteiger partial charge in [0.2, 0.25) is 9.84 Å². The second-order valence-electron chi connectivity index (χ2n) is 8.14. The monoisotopic (exact) mass is 490 g/mol. The molecule has 0 atom stereocenters. The molecule has 1 fully saturated rings. The van der Waals surface area contributed by atoms with Crippen molar-refractivity contribution in [3.05, 3.63) is 58.0 Å². The number of ether oxygens (including phenoxy) is 2. The van der Waals surface area contributed by atoms with Gasteiger partial charge in [0.05, 0.1) is 29.7 Å². The van der Waals surface area contributed by atoms with Crippen LogP contribution < -0.4 is 9.47 Å². The molecule has 0 spiro atoms. The fourth-order valence-electron chi connectivity index (χ4n) is 4.15. The zero-order valence-corrected chi connectivity index (χ0v) is 20.3. The predicted octanol–water partition coefficient (Wildman–Crippen LogP) is 3.72. The van der Waals surface area contributed by atoms with Crippen LogP contribution in [0.4, 0.5) is 0 Å². The Hall–Kier alpha value is -2.55. The molecule has 9 heteroatoms. The number of benzene rings is 2. The van der Waals surface area contributed by atoms with Crippen molar-refractivity contribution in [1.82, 2.24) is 9.80 Å². The van der Waals surface area contributed by atoms with Crippen molar-refractivity contribution >= 4 is 32.9 Å². The Morgan fingerprint density at radius 2 is 1.82 bits per heavy atom. The van der Waals surface area contributed by atoms with Crippen LogP contribution in [-0.2, 0) is 9.84 Å². The summed E-state index contributed by atoms with van der Waals surface area (Å²) in [7, 11) is -1.89. The maximum absolute atomic E-state index is 12.5. The van der Waals surface area contributed by atoms with Crippen molar-refractivity contribution in [3.8, 4) is 11.5 Å². The molecule has 7 nitrogen and oxygen atoms in total. The highest BCUT2D eigenvalue weighted by atomic mass is 35.5. The number of piperazine rings is 1. The number of methoxy groups -OCH3 is 1. The third-order valence-electron chi connectivity index (χ3n) is 5.95. The van der Waals surface area contributed by atoms with E-state index >= 15 is 0 Å². The summed E-state index contributed by atoms with van der Waals surface area (Å²) in [5, 5.41) is 1.79. The third-order valence-corrected chi connectivity index (χ3v) is 7.67. The minimum atomic E-state index is -3.44. The lowest BCUT2D eigenvalue weighted by atomic mass is 10.1. The van der Waals surface area contributed by atoms with Crippen molar-refractivity contribution in [3.63, 3.8) is 0 Å². The highest BCUT2D eigenvalue weighted by Gasteiger charge is 2.31. The number of ketones is 1. The fourth-order valence-corrected chi connectivity index (χ4v) is 5.85. The van der Waals surface area contributed by atoms with Gasteiger partial charge >= 0.3 is 0 Å². The average Bonchev–Trinajstić information content (AvgIpc) is 3.07. The van der Waals surface area contributed by atoms with Crippen molar-refractivity contribution in [2.75, 3.05) is 46.4 Å². The van der Waals surface area contributed by atoms with Crippen LogP contribution in [0.1, 0.15) is 29.3 Å². The number of nitrogens with zero attached hydrogens (tertiary/aromatic N) is 2. The largest absolute Gasteiger partial charge is 0.493 e. The Kier molecular flexibility index (Phi) is 6.97. The zero-order valence-electron chi connectivity index (χ0n) is 18.7. The Labute approximate surface area is 199 Å². The fraction of sp³-hybridized carbons (Fsp3) is 0.375. The maximum Gasteiger partial charge on any atom is 0.202 e. The van der Waals surface area contributed by atoms with E-state index in [1.54, 1.807) is 37.4 Å². The average molecular weight is 491 g/mol. The predicted molar refractivity (Wildman–Crippen MR) is 128 cm³/mol. The molecule has 0 N–H and O–H groups in total. The summed E-state index contributed by atoms with van der Waals surface area (Å²) in [6, 6.07) is 10.2. The van der Waals surface area contributed by atoms with Crippen LogP contribution in [0, 0.1) is 0 Å². The Balaban J connectivity index is 1.27. The van der Waals surface area contributed by atoms with Gasteiger partial charge in [-0.25, -0.2) is 8.42 Å². The maximum atomic E-state index is 12.5. The van der Waals surface area contributed by atoms with E-state index in [0.717, 1.165) is 50.4 Å². The topological polar surface area (TPSA) is 76.2 Å². The lowest BCUT2D eigenvalue weighted by Gasteiger charge is -2.36. The van der Waals surface area contributed by atoms with Gasteiger partial charge in [0, 0.05) is 48.9 Å². The Morgan fingerprint density at radius 1 is 1.06 bits per heavy atom. The number of fused-ring (bicyclic) bond motifs is 1. The van der Waals surface area contributed by atoms with Gasteiger partial charge in [-0.1, -0.05) is 17.7 Å². The van der Waals surface area contributed by atoms with Crippen molar-refractivity contribution in [1.29, 1.82) is 0 Å². The molecular formula is C24H27ClN2O5S. The van der Waals surface area contributed by atoms with E-state index in [9.17, 15) is 13.2 Å². The van der Waals surface area contributed by atoms with Crippen LogP contribution in [0.25, 0.3) is 5.70 Å². The van der Waals surface area contributed by atoms with Crippen molar-refractivity contribution < 1.29 is 22.7 Å². The highest BCUT2D eigenvalue weighted by Crippen LogP contribution is 2.37. The number of rotatable bonds is 8. The van der Waals surface area contributed by atoms with Crippen LogP contribution in [0.3, 0.4) is 0 Å². The van der Waals surface area contributed by atoms with Crippen LogP contribution >= 0.6 is 11.6 Å². The number of hydrogen-bond acceptors (Lipinski definition) is 7. The standard InChI is InChI=1S/C24H27ClN2O5S/c1-17(28)18-4-7-22(23(14-18)31-2)32-13-3-8-26-9-11-27(12-10-26)21-16-33(29,30)24-15-19(25)5-6-20(21)24/h4-7,14-16H,3,8-13H2,1-2H3. The van der Waals surface area contributed by atoms with Gasteiger partial charge in [0.25, 0.3) is 0 Å². The van der Waals surface area contributed by atoms with Gasteiger partial charge < -0.3 is 14.4 Å². The lowest BCUT2D eigenvalue weighted by Crippen LogP contribution is -2.45. The minimum absolute atomic E-state index is 0.0164. The van der Waals surface area contributed by atoms with Gasteiger partial charge in [0.1, 0.15) is 0 Å². The molecule has 2 aromatic carbocycles. The first-order valence-corrected chi connectivity index (χ1v) is 12.8. The molecule has 0 radical (unpaired) electrons. The summed E-state index contributed by atoms with van der Waals surface area (Å²) in [5.41, 5.74) is 2.07. The van der Waals surface area contributed by atoms with Crippen LogP contribution in [0.2, 0.25) is 5.02 Å². The quantitative estimate of drug-likeness (QED) is 0.412. The summed E-state index contributed by atoms with van der Waals surface area (Å²) >= 11 is 6.00. The molecule has 2 aliphatic heterocycles. The summed E-state index contributed by atoms with van der Waals surface area (Å²) in [6.45, 7) is 6.13. The SMILES string of the molecule is COc1cc(C(C)=O)ccc1OCCCN1CCN(C2=CS(=O)(=O)c3cc(Cl)ccc32)CC1. The first kappa shape index (κ1) is 23.6. The van der Waals surface area contributed by atoms with Gasteiger partial charge in [-0.2, -0.15) is 0 Å². The third kappa shape index (κ3) is 5.18. The molecule has 176 valence electrons. The normalized spacial score (nSPS) is 17.4. The summed E-state index contributed by atoms with van der Waals surface area (Å²) < 4.78 is 36.2. The molecule has 0 bridgehead atoms. The van der Waals surface area contributed by atoms with Crippen LogP contribution in [0.15, 0.2) is 46.7 Å². The van der Waals surface area contributed by atoms with Crippen LogP contribution in [0.5, 0.6) is 11.5 Å². The zero-order chi connectivity index (χ0) is 23.6. The Bertz CT molecular complexity index is 1190.